The Morgan fingerprint density at radius 2 is 2.03 bits per heavy atom. The van der Waals surface area contributed by atoms with Crippen molar-refractivity contribution in [2.24, 2.45) is 11.7 Å². The first-order valence-corrected chi connectivity index (χ1v) is 12.3. The number of thioether (sulfide) groups is 1. The monoisotopic (exact) mass is 487 g/mol. The molecular formula is C19H26FN5O5S2. The van der Waals surface area contributed by atoms with E-state index in [1.165, 1.54) is 34.3 Å². The Labute approximate surface area is 190 Å². The number of rotatable bonds is 11. The van der Waals surface area contributed by atoms with Gasteiger partial charge in [-0.2, -0.15) is 17.7 Å². The van der Waals surface area contributed by atoms with Crippen molar-refractivity contribution in [1.82, 2.24) is 14.3 Å². The summed E-state index contributed by atoms with van der Waals surface area (Å²) in [5.41, 5.74) is 6.62. The zero-order valence-corrected chi connectivity index (χ0v) is 19.0. The number of aliphatic hydroxyl groups is 2. The maximum Gasteiger partial charge on any atom is 0.302 e. The van der Waals surface area contributed by atoms with Gasteiger partial charge in [0.1, 0.15) is 17.7 Å². The summed E-state index contributed by atoms with van der Waals surface area (Å²) in [6.45, 7) is 2.49. The van der Waals surface area contributed by atoms with E-state index in [2.05, 4.69) is 14.7 Å². The van der Waals surface area contributed by atoms with Crippen molar-refractivity contribution >= 4 is 27.8 Å². The van der Waals surface area contributed by atoms with Gasteiger partial charge in [-0.05, 0) is 23.6 Å². The molecule has 13 heteroatoms. The molecule has 5 N–H and O–H groups in total. The molecule has 0 radical (unpaired) electrons. The van der Waals surface area contributed by atoms with Crippen LogP contribution in [-0.2, 0) is 16.0 Å². The minimum atomic E-state index is -3.80. The fraction of sp³-hybridized carbons (Fsp3) is 0.474. The third-order valence-corrected chi connectivity index (χ3v) is 6.99. The smallest absolute Gasteiger partial charge is 0.302 e. The molecule has 0 bridgehead atoms. The van der Waals surface area contributed by atoms with Gasteiger partial charge in [0.05, 0.1) is 0 Å². The van der Waals surface area contributed by atoms with E-state index in [-0.39, 0.29) is 41.6 Å². The summed E-state index contributed by atoms with van der Waals surface area (Å²) >= 11 is 1.19. The van der Waals surface area contributed by atoms with Gasteiger partial charge in [-0.1, -0.05) is 30.8 Å². The molecule has 1 saturated heterocycles. The van der Waals surface area contributed by atoms with Gasteiger partial charge in [0.15, 0.2) is 11.4 Å². The molecule has 0 spiro atoms. The molecule has 3 rings (SSSR count). The highest BCUT2D eigenvalue weighted by molar-refractivity contribution is 7.98. The van der Waals surface area contributed by atoms with Crippen molar-refractivity contribution in [2.45, 2.75) is 36.6 Å². The van der Waals surface area contributed by atoms with Crippen LogP contribution in [-0.4, -0.2) is 64.9 Å². The van der Waals surface area contributed by atoms with Crippen LogP contribution < -0.4 is 15.2 Å². The molecule has 2 aromatic rings. The largest absolute Gasteiger partial charge is 0.456 e. The number of aliphatic hydroxyl groups excluding tert-OH is 2. The Morgan fingerprint density at radius 3 is 2.66 bits per heavy atom. The normalized spacial score (nSPS) is 16.9. The summed E-state index contributed by atoms with van der Waals surface area (Å²) in [5, 5.41) is 19.1. The lowest BCUT2D eigenvalue weighted by atomic mass is 10.1. The number of nitrogens with one attached hydrogen (secondary N) is 1. The van der Waals surface area contributed by atoms with Crippen molar-refractivity contribution in [3.63, 3.8) is 0 Å². The number of halogens is 1. The van der Waals surface area contributed by atoms with Gasteiger partial charge in [-0.15, -0.1) is 0 Å². The summed E-state index contributed by atoms with van der Waals surface area (Å²) in [4.78, 5) is 8.46. The van der Waals surface area contributed by atoms with E-state index in [1.807, 2.05) is 6.92 Å². The summed E-state index contributed by atoms with van der Waals surface area (Å²) in [5.74, 6) is 0.279. The van der Waals surface area contributed by atoms with Crippen LogP contribution in [0.4, 0.5) is 10.2 Å². The number of nitrogens with two attached hydrogens (primary N) is 1. The van der Waals surface area contributed by atoms with Crippen LogP contribution >= 0.6 is 11.8 Å². The van der Waals surface area contributed by atoms with Crippen LogP contribution in [0, 0.1) is 11.7 Å². The predicted molar refractivity (Wildman–Crippen MR) is 118 cm³/mol. The number of benzene rings is 1. The third-order valence-electron chi connectivity index (χ3n) is 4.63. The van der Waals surface area contributed by atoms with Crippen molar-refractivity contribution in [1.29, 1.82) is 0 Å². The third kappa shape index (κ3) is 6.73. The van der Waals surface area contributed by atoms with E-state index in [0.717, 1.165) is 5.56 Å². The van der Waals surface area contributed by atoms with Gasteiger partial charge in [-0.25, -0.2) is 9.37 Å². The SMILES string of the molecule is CC1CN(S(=O)(=O)Nc2cc(O[C@H](N)[C@@H](O)CCO)nc(SCc3ccc(F)cc3)n2)C1. The van der Waals surface area contributed by atoms with Gasteiger partial charge < -0.3 is 14.9 Å². The first-order valence-electron chi connectivity index (χ1n) is 9.91. The van der Waals surface area contributed by atoms with Crippen molar-refractivity contribution in [3.05, 3.63) is 41.7 Å². The average molecular weight is 488 g/mol. The lowest BCUT2D eigenvalue weighted by Crippen LogP contribution is -2.50. The molecule has 0 saturated carbocycles. The minimum Gasteiger partial charge on any atom is -0.456 e. The second-order valence-corrected chi connectivity index (χ2v) is 10.1. The zero-order chi connectivity index (χ0) is 23.3. The molecule has 176 valence electrons. The second kappa shape index (κ2) is 10.7. The molecule has 0 amide bonds. The Hall–Kier alpha value is -2.03. The van der Waals surface area contributed by atoms with Crippen molar-refractivity contribution in [3.8, 4) is 5.88 Å². The minimum absolute atomic E-state index is 0.00501. The molecule has 1 aromatic heterocycles. The Bertz CT molecular complexity index is 1010. The highest BCUT2D eigenvalue weighted by atomic mass is 32.2. The van der Waals surface area contributed by atoms with Gasteiger partial charge in [-0.3, -0.25) is 10.5 Å². The molecule has 32 heavy (non-hydrogen) atoms. The van der Waals surface area contributed by atoms with Crippen LogP contribution in [0.1, 0.15) is 18.9 Å². The van der Waals surface area contributed by atoms with Crippen LogP contribution in [0.3, 0.4) is 0 Å². The van der Waals surface area contributed by atoms with E-state index in [0.29, 0.717) is 18.8 Å². The van der Waals surface area contributed by atoms with Crippen molar-refractivity contribution in [2.75, 3.05) is 24.4 Å². The lowest BCUT2D eigenvalue weighted by molar-refractivity contribution is 0.0212. The number of hydrogen-bond donors (Lipinski definition) is 4. The van der Waals surface area contributed by atoms with E-state index in [1.54, 1.807) is 12.1 Å². The first kappa shape index (κ1) is 24.6. The van der Waals surface area contributed by atoms with Crippen LogP contribution in [0.15, 0.2) is 35.5 Å². The standard InChI is InChI=1S/C19H26FN5O5S2/c1-12-9-25(10-12)32(28,29)24-16-8-17(30-18(21)15(27)6-7-26)23-19(22-16)31-11-13-2-4-14(20)5-3-13/h2-5,8,12,15,18,26-27H,6-7,9-11,21H2,1H3,(H,22,23,24)/t15-,18-/m0/s1. The molecule has 2 heterocycles. The summed E-state index contributed by atoms with van der Waals surface area (Å²) in [7, 11) is -3.80. The molecule has 1 aromatic carbocycles. The Morgan fingerprint density at radius 1 is 1.34 bits per heavy atom. The summed E-state index contributed by atoms with van der Waals surface area (Å²) in [6.07, 6.45) is -2.33. The molecule has 1 aliphatic heterocycles. The van der Waals surface area contributed by atoms with Crippen LogP contribution in [0.5, 0.6) is 5.88 Å². The number of ether oxygens (including phenoxy) is 1. The average Bonchev–Trinajstić information content (AvgIpc) is 2.70. The number of nitrogens with zero attached hydrogens (tertiary/aromatic N) is 3. The summed E-state index contributed by atoms with van der Waals surface area (Å²) < 4.78 is 47.4. The van der Waals surface area contributed by atoms with E-state index in [9.17, 15) is 17.9 Å². The fourth-order valence-corrected chi connectivity index (χ4v) is 5.06. The van der Waals surface area contributed by atoms with Gasteiger partial charge >= 0.3 is 10.2 Å². The molecule has 0 aliphatic carbocycles. The number of hydrogen-bond acceptors (Lipinski definition) is 9. The van der Waals surface area contributed by atoms with Crippen molar-refractivity contribution < 1.29 is 27.8 Å². The van der Waals surface area contributed by atoms with Gasteiger partial charge in [0, 0.05) is 37.9 Å². The highest BCUT2D eigenvalue weighted by Gasteiger charge is 2.33. The first-order chi connectivity index (χ1) is 15.2. The quantitative estimate of drug-likeness (QED) is 0.206. The molecular weight excluding hydrogens is 461 g/mol. The van der Waals surface area contributed by atoms with Gasteiger partial charge in [0.2, 0.25) is 5.88 Å². The molecule has 1 fully saturated rings. The van der Waals surface area contributed by atoms with Crippen LogP contribution in [0.2, 0.25) is 0 Å². The maximum absolute atomic E-state index is 13.1. The number of anilines is 1. The second-order valence-electron chi connectivity index (χ2n) is 7.48. The Balaban J connectivity index is 1.79. The molecule has 10 nitrogen and oxygen atoms in total. The lowest BCUT2D eigenvalue weighted by Gasteiger charge is -2.35. The van der Waals surface area contributed by atoms with Crippen LogP contribution in [0.25, 0.3) is 0 Å². The highest BCUT2D eigenvalue weighted by Crippen LogP contribution is 2.26. The predicted octanol–water partition coefficient (Wildman–Crippen LogP) is 0.923. The molecule has 0 unspecified atom stereocenters. The topological polar surface area (TPSA) is 151 Å². The number of aromatic nitrogens is 2. The van der Waals surface area contributed by atoms with E-state index >= 15 is 0 Å². The van der Waals surface area contributed by atoms with E-state index < -0.39 is 22.5 Å². The summed E-state index contributed by atoms with van der Waals surface area (Å²) in [6, 6.07) is 7.20. The maximum atomic E-state index is 13.1. The molecule has 1 aliphatic rings. The Kier molecular flexibility index (Phi) is 8.25. The zero-order valence-electron chi connectivity index (χ0n) is 17.4. The van der Waals surface area contributed by atoms with E-state index in [4.69, 9.17) is 15.6 Å². The fourth-order valence-electron chi connectivity index (χ4n) is 2.86. The molecule has 2 atom stereocenters. The van der Waals surface area contributed by atoms with Gasteiger partial charge in [0.25, 0.3) is 0 Å².